The Labute approximate surface area is 394 Å². The molecule has 2 aromatic carbocycles. The van der Waals surface area contributed by atoms with Gasteiger partial charge in [0.25, 0.3) is 0 Å². The van der Waals surface area contributed by atoms with Crippen molar-refractivity contribution in [2.75, 3.05) is 92.0 Å². The van der Waals surface area contributed by atoms with Gasteiger partial charge in [0.2, 0.25) is 0 Å². The second kappa shape index (κ2) is 19.8. The molecule has 66 heavy (non-hydrogen) atoms. The van der Waals surface area contributed by atoms with Crippen molar-refractivity contribution in [3.8, 4) is 0 Å². The van der Waals surface area contributed by atoms with Gasteiger partial charge in [-0.15, -0.1) is 0 Å². The molecule has 12 nitrogen and oxygen atoms in total. The van der Waals surface area contributed by atoms with E-state index in [-0.39, 0.29) is 23.4 Å². The molecular weight excluding hydrogens is 833 g/mol. The number of likely N-dealkylation sites (tertiary alicyclic amines) is 4. The number of carbonyl (C=O) groups is 2. The lowest BCUT2D eigenvalue weighted by atomic mass is 9.80. The third-order valence-electron chi connectivity index (χ3n) is 15.5. The van der Waals surface area contributed by atoms with Crippen molar-refractivity contribution in [1.82, 2.24) is 19.6 Å². The Morgan fingerprint density at radius 1 is 0.576 bits per heavy atom. The average molecular weight is 911 g/mol. The molecule has 2 amide bonds. The van der Waals surface area contributed by atoms with Crippen LogP contribution in [0.3, 0.4) is 0 Å². The van der Waals surface area contributed by atoms with Crippen LogP contribution in [0.2, 0.25) is 0 Å². The van der Waals surface area contributed by atoms with Crippen LogP contribution in [0.15, 0.2) is 54.6 Å². The number of nitrogens with zero attached hydrogens (tertiary/aromatic N) is 4. The lowest BCUT2D eigenvalue weighted by molar-refractivity contribution is -0.109. The van der Waals surface area contributed by atoms with Crippen LogP contribution in [0, 0.1) is 0 Å². The van der Waals surface area contributed by atoms with Gasteiger partial charge in [-0.2, -0.15) is 0 Å². The van der Waals surface area contributed by atoms with E-state index in [4.69, 9.17) is 28.4 Å². The Morgan fingerprint density at radius 2 is 1.02 bits per heavy atom. The Hall–Kier alpha value is -3.52. The molecule has 0 bridgehead atoms. The standard InChI is InChI=1S/C27H40N2O4.C27H38N2O4/c2*1-26(2,3)33-25(30)29-18-27(19-29)16-22(17-32-27)28-12-8-20(9-13-28)23-6-4-5-7-24(23)21-10-14-31-15-11-21/h4-7,20-22H,8-19H2,1-3H3;4-7,10,20,22H,8-9,11-19H2,1-3H3/t2*22-/m00/s1. The molecule has 12 heteroatoms. The lowest BCUT2D eigenvalue weighted by Crippen LogP contribution is -2.64. The first-order chi connectivity index (χ1) is 31.6. The van der Waals surface area contributed by atoms with Gasteiger partial charge in [-0.25, -0.2) is 9.59 Å². The molecule has 8 aliphatic rings. The number of amides is 2. The molecular formula is C54H78N4O8. The molecule has 2 aromatic rings. The third-order valence-corrected chi connectivity index (χ3v) is 15.5. The van der Waals surface area contributed by atoms with E-state index in [0.29, 0.717) is 56.0 Å². The van der Waals surface area contributed by atoms with Gasteiger partial charge < -0.3 is 38.2 Å². The monoisotopic (exact) mass is 911 g/mol. The molecule has 2 spiro atoms. The van der Waals surface area contributed by atoms with Crippen LogP contribution in [0.5, 0.6) is 0 Å². The van der Waals surface area contributed by atoms with Gasteiger partial charge in [-0.3, -0.25) is 9.80 Å². The fraction of sp³-hybridized carbons (Fsp3) is 0.704. The van der Waals surface area contributed by atoms with Gasteiger partial charge >= 0.3 is 12.2 Å². The van der Waals surface area contributed by atoms with E-state index in [1.807, 2.05) is 41.5 Å². The first kappa shape index (κ1) is 47.5. The number of carbonyl (C=O) groups excluding carboxylic acids is 2. The van der Waals surface area contributed by atoms with Crippen molar-refractivity contribution >= 4 is 17.8 Å². The fourth-order valence-electron chi connectivity index (χ4n) is 12.1. The number of rotatable bonds is 6. The molecule has 0 N–H and O–H groups in total. The highest BCUT2D eigenvalue weighted by molar-refractivity contribution is 5.71. The number of hydrogen-bond donors (Lipinski definition) is 0. The van der Waals surface area contributed by atoms with Gasteiger partial charge in [0, 0.05) is 25.3 Å². The minimum Gasteiger partial charge on any atom is -0.444 e. The molecule has 0 aromatic heterocycles. The van der Waals surface area contributed by atoms with E-state index >= 15 is 0 Å². The van der Waals surface area contributed by atoms with Gasteiger partial charge in [0.1, 0.15) is 22.4 Å². The second-order valence-electron chi connectivity index (χ2n) is 22.7. The molecule has 7 fully saturated rings. The van der Waals surface area contributed by atoms with Crippen LogP contribution >= 0.6 is 0 Å². The summed E-state index contributed by atoms with van der Waals surface area (Å²) in [5.74, 6) is 1.93. The van der Waals surface area contributed by atoms with Crippen LogP contribution in [-0.2, 0) is 28.4 Å². The quantitative estimate of drug-likeness (QED) is 0.279. The van der Waals surface area contributed by atoms with Gasteiger partial charge in [-0.1, -0.05) is 54.6 Å². The normalized spacial score (nSPS) is 26.6. The summed E-state index contributed by atoms with van der Waals surface area (Å²) in [5, 5.41) is 0. The zero-order valence-electron chi connectivity index (χ0n) is 40.9. The molecule has 0 radical (unpaired) electrons. The van der Waals surface area contributed by atoms with Crippen LogP contribution in [0.1, 0.15) is 139 Å². The van der Waals surface area contributed by atoms with Crippen LogP contribution in [0.25, 0.3) is 5.57 Å². The minimum absolute atomic E-state index is 0.159. The van der Waals surface area contributed by atoms with Gasteiger partial charge in [-0.05, 0) is 171 Å². The third kappa shape index (κ3) is 11.2. The topological polar surface area (TPSA) is 102 Å². The SMILES string of the molecule is CC(C)(C)OC(=O)N1CC2(C[C@H](N3CCC(c4ccccc4C4=CCOCC4)CC3)CO2)C1.CC(C)(C)OC(=O)N1CC2(C[C@H](N3CCC(c4ccccc4C4CCOCC4)CC3)CO2)C1. The molecule has 0 aliphatic carbocycles. The first-order valence-electron chi connectivity index (χ1n) is 25.4. The largest absolute Gasteiger partial charge is 0.444 e. The number of hydrogen-bond acceptors (Lipinski definition) is 10. The Bertz CT molecular complexity index is 2010. The number of ether oxygens (including phenoxy) is 6. The van der Waals surface area contributed by atoms with Gasteiger partial charge in [0.05, 0.1) is 52.6 Å². The Morgan fingerprint density at radius 3 is 1.47 bits per heavy atom. The van der Waals surface area contributed by atoms with E-state index in [1.54, 1.807) is 20.9 Å². The zero-order valence-corrected chi connectivity index (χ0v) is 40.9. The minimum atomic E-state index is -0.455. The number of piperidine rings is 2. The van der Waals surface area contributed by atoms with Crippen molar-refractivity contribution in [1.29, 1.82) is 0 Å². The summed E-state index contributed by atoms with van der Waals surface area (Å²) in [6.45, 7) is 23.5. The summed E-state index contributed by atoms with van der Waals surface area (Å²) in [6.07, 6.45) is 12.0. The predicted molar refractivity (Wildman–Crippen MR) is 256 cm³/mol. The summed E-state index contributed by atoms with van der Waals surface area (Å²) in [5.41, 5.74) is 6.31. The molecule has 8 heterocycles. The zero-order chi connectivity index (χ0) is 46.1. The molecule has 7 saturated heterocycles. The molecule has 0 saturated carbocycles. The van der Waals surface area contributed by atoms with Crippen molar-refractivity contribution < 1.29 is 38.0 Å². The maximum absolute atomic E-state index is 12.3. The van der Waals surface area contributed by atoms with E-state index in [0.717, 1.165) is 97.9 Å². The fourth-order valence-corrected chi connectivity index (χ4v) is 12.1. The van der Waals surface area contributed by atoms with E-state index in [2.05, 4.69) is 64.4 Å². The van der Waals surface area contributed by atoms with Crippen molar-refractivity contribution in [2.45, 2.75) is 152 Å². The van der Waals surface area contributed by atoms with Crippen LogP contribution < -0.4 is 0 Å². The maximum Gasteiger partial charge on any atom is 0.410 e. The molecule has 8 aliphatic heterocycles. The van der Waals surface area contributed by atoms with Crippen LogP contribution in [-0.4, -0.2) is 158 Å². The highest BCUT2D eigenvalue weighted by Crippen LogP contribution is 2.43. The van der Waals surface area contributed by atoms with E-state index in [1.165, 1.54) is 42.4 Å². The Kier molecular flexibility index (Phi) is 14.3. The number of benzene rings is 2. The molecule has 10 rings (SSSR count). The highest BCUT2D eigenvalue weighted by Gasteiger charge is 2.54. The van der Waals surface area contributed by atoms with E-state index < -0.39 is 11.2 Å². The highest BCUT2D eigenvalue weighted by atomic mass is 16.6. The average Bonchev–Trinajstić information content (AvgIpc) is 3.95. The Balaban J connectivity index is 0.000000166. The predicted octanol–water partition coefficient (Wildman–Crippen LogP) is 8.99. The lowest BCUT2D eigenvalue weighted by Gasteiger charge is -2.47. The van der Waals surface area contributed by atoms with E-state index in [9.17, 15) is 9.59 Å². The second-order valence-corrected chi connectivity index (χ2v) is 22.7. The maximum atomic E-state index is 12.3. The van der Waals surface area contributed by atoms with Crippen LogP contribution in [0.4, 0.5) is 9.59 Å². The van der Waals surface area contributed by atoms with Crippen molar-refractivity contribution in [3.05, 3.63) is 76.9 Å². The molecule has 2 atom stereocenters. The summed E-state index contributed by atoms with van der Waals surface area (Å²) in [7, 11) is 0. The first-order valence-corrected chi connectivity index (χ1v) is 25.4. The van der Waals surface area contributed by atoms with Crippen molar-refractivity contribution in [2.24, 2.45) is 0 Å². The van der Waals surface area contributed by atoms with Crippen molar-refractivity contribution in [3.63, 3.8) is 0 Å². The summed E-state index contributed by atoms with van der Waals surface area (Å²) < 4.78 is 34.7. The van der Waals surface area contributed by atoms with Gasteiger partial charge in [0.15, 0.2) is 0 Å². The summed E-state index contributed by atoms with van der Waals surface area (Å²) >= 11 is 0. The summed E-state index contributed by atoms with van der Waals surface area (Å²) in [4.78, 5) is 33.4. The summed E-state index contributed by atoms with van der Waals surface area (Å²) in [6, 6.07) is 19.1. The molecule has 362 valence electrons. The molecule has 0 unspecified atom stereocenters. The smallest absolute Gasteiger partial charge is 0.410 e.